The van der Waals surface area contributed by atoms with Gasteiger partial charge in [-0.3, -0.25) is 4.79 Å². The smallest absolute Gasteiger partial charge is 0.240 e. The standard InChI is InChI=1S/C16H28N2O/c1-13-6-5-10-16(17,12-13)15(19)18-11-9-14-7-3-2-4-8-14/h7,13H,2-6,8-12,17H2,1H3,(H,18,19). The van der Waals surface area contributed by atoms with Crippen molar-refractivity contribution in [3.05, 3.63) is 11.6 Å². The largest absolute Gasteiger partial charge is 0.354 e. The van der Waals surface area contributed by atoms with E-state index in [-0.39, 0.29) is 5.91 Å². The molecule has 2 atom stereocenters. The molecule has 1 amide bonds. The van der Waals surface area contributed by atoms with Gasteiger partial charge in [0.1, 0.15) is 0 Å². The fourth-order valence-electron chi connectivity index (χ4n) is 3.44. The average Bonchev–Trinajstić information content (AvgIpc) is 2.39. The van der Waals surface area contributed by atoms with Crippen molar-refractivity contribution in [1.29, 1.82) is 0 Å². The molecule has 0 aliphatic heterocycles. The third-order valence-electron chi connectivity index (χ3n) is 4.60. The van der Waals surface area contributed by atoms with Gasteiger partial charge in [0.15, 0.2) is 0 Å². The average molecular weight is 264 g/mol. The van der Waals surface area contributed by atoms with Gasteiger partial charge in [-0.1, -0.05) is 31.4 Å². The second-order valence-corrected chi connectivity index (χ2v) is 6.47. The van der Waals surface area contributed by atoms with Crippen molar-refractivity contribution in [3.63, 3.8) is 0 Å². The molecule has 3 heteroatoms. The molecule has 0 saturated heterocycles. The second-order valence-electron chi connectivity index (χ2n) is 6.47. The van der Waals surface area contributed by atoms with Crippen molar-refractivity contribution in [2.24, 2.45) is 11.7 Å². The van der Waals surface area contributed by atoms with Crippen molar-refractivity contribution >= 4 is 5.91 Å². The SMILES string of the molecule is CC1CCCC(N)(C(=O)NCCC2=CCCCC2)C1. The molecule has 19 heavy (non-hydrogen) atoms. The Labute approximate surface area is 117 Å². The van der Waals surface area contributed by atoms with Crippen LogP contribution in [0.1, 0.15) is 64.7 Å². The molecule has 0 aromatic rings. The lowest BCUT2D eigenvalue weighted by atomic mass is 9.76. The van der Waals surface area contributed by atoms with E-state index in [1.807, 2.05) is 0 Å². The summed E-state index contributed by atoms with van der Waals surface area (Å²) in [5, 5.41) is 3.06. The van der Waals surface area contributed by atoms with Crippen LogP contribution < -0.4 is 11.1 Å². The van der Waals surface area contributed by atoms with Gasteiger partial charge in [-0.05, 0) is 50.9 Å². The molecule has 0 radical (unpaired) electrons. The molecular formula is C16H28N2O. The van der Waals surface area contributed by atoms with Crippen LogP contribution in [0, 0.1) is 5.92 Å². The summed E-state index contributed by atoms with van der Waals surface area (Å²) in [4.78, 5) is 12.3. The number of carbonyl (C=O) groups is 1. The van der Waals surface area contributed by atoms with Gasteiger partial charge in [0.2, 0.25) is 5.91 Å². The molecule has 1 saturated carbocycles. The number of nitrogens with one attached hydrogen (secondary N) is 1. The molecule has 2 aliphatic rings. The topological polar surface area (TPSA) is 55.1 Å². The number of rotatable bonds is 4. The van der Waals surface area contributed by atoms with Gasteiger partial charge < -0.3 is 11.1 Å². The third-order valence-corrected chi connectivity index (χ3v) is 4.60. The van der Waals surface area contributed by atoms with E-state index in [0.717, 1.165) is 32.2 Å². The van der Waals surface area contributed by atoms with Crippen LogP contribution in [0.25, 0.3) is 0 Å². The molecule has 108 valence electrons. The van der Waals surface area contributed by atoms with Crippen molar-refractivity contribution in [2.45, 2.75) is 70.3 Å². The van der Waals surface area contributed by atoms with Gasteiger partial charge in [-0.25, -0.2) is 0 Å². The Kier molecular flexibility index (Phi) is 5.03. The fraction of sp³-hybridized carbons (Fsp3) is 0.812. The van der Waals surface area contributed by atoms with Gasteiger partial charge in [-0.2, -0.15) is 0 Å². The van der Waals surface area contributed by atoms with Crippen LogP contribution in [0.4, 0.5) is 0 Å². The van der Waals surface area contributed by atoms with Crippen LogP contribution in [0.5, 0.6) is 0 Å². The van der Waals surface area contributed by atoms with Gasteiger partial charge in [0.25, 0.3) is 0 Å². The lowest BCUT2D eigenvalue weighted by Gasteiger charge is -2.35. The Bertz CT molecular complexity index is 351. The van der Waals surface area contributed by atoms with E-state index in [9.17, 15) is 4.79 Å². The minimum absolute atomic E-state index is 0.0652. The Morgan fingerprint density at radius 1 is 1.47 bits per heavy atom. The summed E-state index contributed by atoms with van der Waals surface area (Å²) in [6.07, 6.45) is 12.3. The molecule has 0 spiro atoms. The van der Waals surface area contributed by atoms with Crippen molar-refractivity contribution in [1.82, 2.24) is 5.32 Å². The minimum atomic E-state index is -0.612. The number of carbonyl (C=O) groups excluding carboxylic acids is 1. The highest BCUT2D eigenvalue weighted by Gasteiger charge is 2.37. The van der Waals surface area contributed by atoms with Crippen molar-refractivity contribution in [3.8, 4) is 0 Å². The fourth-order valence-corrected chi connectivity index (χ4v) is 3.44. The first-order valence-corrected chi connectivity index (χ1v) is 7.85. The highest BCUT2D eigenvalue weighted by atomic mass is 16.2. The number of amides is 1. The summed E-state index contributed by atoms with van der Waals surface area (Å²) < 4.78 is 0. The van der Waals surface area contributed by atoms with Crippen LogP contribution in [-0.2, 0) is 4.79 Å². The van der Waals surface area contributed by atoms with Crippen LogP contribution >= 0.6 is 0 Å². The zero-order valence-electron chi connectivity index (χ0n) is 12.2. The summed E-state index contributed by atoms with van der Waals surface area (Å²) in [7, 11) is 0. The van der Waals surface area contributed by atoms with Gasteiger partial charge in [0.05, 0.1) is 5.54 Å². The third kappa shape index (κ3) is 4.07. The molecule has 2 rings (SSSR count). The predicted octanol–water partition coefficient (Wildman–Crippen LogP) is 2.90. The summed E-state index contributed by atoms with van der Waals surface area (Å²) in [6.45, 7) is 2.94. The van der Waals surface area contributed by atoms with E-state index in [1.165, 1.54) is 37.7 Å². The zero-order chi connectivity index (χ0) is 13.7. The first-order chi connectivity index (χ1) is 9.10. The zero-order valence-corrected chi connectivity index (χ0v) is 12.2. The lowest BCUT2D eigenvalue weighted by molar-refractivity contribution is -0.128. The van der Waals surface area contributed by atoms with E-state index >= 15 is 0 Å². The van der Waals surface area contributed by atoms with Crippen LogP contribution in [0.3, 0.4) is 0 Å². The molecule has 0 heterocycles. The summed E-state index contributed by atoms with van der Waals surface area (Å²) in [5.74, 6) is 0.640. The molecule has 2 aliphatic carbocycles. The maximum atomic E-state index is 12.3. The molecule has 2 unspecified atom stereocenters. The Morgan fingerprint density at radius 2 is 2.32 bits per heavy atom. The highest BCUT2D eigenvalue weighted by molar-refractivity contribution is 5.86. The van der Waals surface area contributed by atoms with Gasteiger partial charge >= 0.3 is 0 Å². The molecule has 3 N–H and O–H groups in total. The normalized spacial score (nSPS) is 31.7. The number of nitrogens with two attached hydrogens (primary N) is 1. The Hall–Kier alpha value is -0.830. The number of hydrogen-bond acceptors (Lipinski definition) is 2. The monoisotopic (exact) mass is 264 g/mol. The van der Waals surface area contributed by atoms with E-state index < -0.39 is 5.54 Å². The van der Waals surface area contributed by atoms with Crippen LogP contribution in [-0.4, -0.2) is 18.0 Å². The lowest BCUT2D eigenvalue weighted by Crippen LogP contribution is -2.56. The van der Waals surface area contributed by atoms with Gasteiger partial charge in [0, 0.05) is 6.54 Å². The Morgan fingerprint density at radius 3 is 3.00 bits per heavy atom. The maximum Gasteiger partial charge on any atom is 0.240 e. The van der Waals surface area contributed by atoms with Crippen molar-refractivity contribution in [2.75, 3.05) is 6.54 Å². The van der Waals surface area contributed by atoms with E-state index in [4.69, 9.17) is 5.73 Å². The first-order valence-electron chi connectivity index (χ1n) is 7.85. The molecule has 3 nitrogen and oxygen atoms in total. The maximum absolute atomic E-state index is 12.3. The molecular weight excluding hydrogens is 236 g/mol. The summed E-state index contributed by atoms with van der Waals surface area (Å²) in [6, 6.07) is 0. The second kappa shape index (κ2) is 6.56. The van der Waals surface area contributed by atoms with Gasteiger partial charge in [-0.15, -0.1) is 0 Å². The summed E-state index contributed by atoms with van der Waals surface area (Å²) >= 11 is 0. The van der Waals surface area contributed by atoms with Crippen molar-refractivity contribution < 1.29 is 4.79 Å². The van der Waals surface area contributed by atoms with Crippen LogP contribution in [0.15, 0.2) is 11.6 Å². The number of hydrogen-bond donors (Lipinski definition) is 2. The highest BCUT2D eigenvalue weighted by Crippen LogP contribution is 2.30. The molecule has 0 aromatic carbocycles. The van der Waals surface area contributed by atoms with Crippen LogP contribution in [0.2, 0.25) is 0 Å². The summed E-state index contributed by atoms with van der Waals surface area (Å²) in [5.41, 5.74) is 7.18. The number of allylic oxidation sites excluding steroid dienone is 1. The molecule has 1 fully saturated rings. The predicted molar refractivity (Wildman–Crippen MR) is 78.7 cm³/mol. The molecule has 0 aromatic heterocycles. The Balaban J connectivity index is 1.75. The quantitative estimate of drug-likeness (QED) is 0.767. The molecule has 0 bridgehead atoms. The van der Waals surface area contributed by atoms with E-state index in [1.54, 1.807) is 0 Å². The minimum Gasteiger partial charge on any atom is -0.354 e. The van der Waals surface area contributed by atoms with E-state index in [0.29, 0.717) is 5.92 Å². The van der Waals surface area contributed by atoms with E-state index in [2.05, 4.69) is 18.3 Å². The first kappa shape index (κ1) is 14.6.